The van der Waals surface area contributed by atoms with Gasteiger partial charge in [-0.05, 0) is 44.0 Å². The van der Waals surface area contributed by atoms with Crippen LogP contribution >= 0.6 is 0 Å². The molecule has 26 heavy (non-hydrogen) atoms. The normalized spacial score (nSPS) is 15.1. The molecule has 140 valence electrons. The van der Waals surface area contributed by atoms with Crippen molar-refractivity contribution in [2.75, 3.05) is 30.7 Å². The van der Waals surface area contributed by atoms with Gasteiger partial charge in [0.25, 0.3) is 0 Å². The van der Waals surface area contributed by atoms with Gasteiger partial charge in [-0.15, -0.1) is 0 Å². The number of para-hydroxylation sites is 1. The average Bonchev–Trinajstić information content (AvgIpc) is 3.27. The Balaban J connectivity index is 1.57. The van der Waals surface area contributed by atoms with Crippen molar-refractivity contribution in [1.82, 2.24) is 9.62 Å². The van der Waals surface area contributed by atoms with E-state index in [2.05, 4.69) is 10.6 Å². The van der Waals surface area contributed by atoms with E-state index in [0.29, 0.717) is 24.5 Å². The predicted octanol–water partition coefficient (Wildman–Crippen LogP) is 2.80. The molecule has 7 nitrogen and oxygen atoms in total. The number of sulfonamides is 1. The van der Waals surface area contributed by atoms with Gasteiger partial charge in [0.2, 0.25) is 10.0 Å². The molecule has 1 aromatic heterocycles. The summed E-state index contributed by atoms with van der Waals surface area (Å²) in [5, 5.41) is 5.36. The Morgan fingerprint density at radius 2 is 1.88 bits per heavy atom. The molecule has 0 spiro atoms. The standard InChI is InChI=1S/C18H23N3O4S/c1-14-8-9-17(25-14)15-6-2-3-7-16(15)20-18(22)19-10-13-26(23,24)21-11-4-5-12-21/h2-3,6-9H,4-5,10-13H2,1H3,(H2,19,20,22). The molecule has 0 aliphatic carbocycles. The lowest BCUT2D eigenvalue weighted by atomic mass is 10.1. The first kappa shape index (κ1) is 18.5. The Labute approximate surface area is 153 Å². The second kappa shape index (κ2) is 7.92. The molecule has 1 fully saturated rings. The summed E-state index contributed by atoms with van der Waals surface area (Å²) < 4.78 is 31.4. The molecule has 2 aromatic rings. The van der Waals surface area contributed by atoms with Crippen LogP contribution in [0.4, 0.5) is 10.5 Å². The molecule has 2 amide bonds. The van der Waals surface area contributed by atoms with Crippen LogP contribution < -0.4 is 10.6 Å². The molecule has 0 atom stereocenters. The lowest BCUT2D eigenvalue weighted by Crippen LogP contribution is -2.37. The molecular formula is C18H23N3O4S. The summed E-state index contributed by atoms with van der Waals surface area (Å²) >= 11 is 0. The number of hydrogen-bond donors (Lipinski definition) is 2. The molecule has 1 aliphatic heterocycles. The molecule has 0 unspecified atom stereocenters. The smallest absolute Gasteiger partial charge is 0.319 e. The van der Waals surface area contributed by atoms with Crippen molar-refractivity contribution in [3.8, 4) is 11.3 Å². The molecule has 2 heterocycles. The highest BCUT2D eigenvalue weighted by molar-refractivity contribution is 7.89. The van der Waals surface area contributed by atoms with Crippen molar-refractivity contribution in [3.05, 3.63) is 42.2 Å². The van der Waals surface area contributed by atoms with Gasteiger partial charge in [0.15, 0.2) is 0 Å². The zero-order chi connectivity index (χ0) is 18.6. The van der Waals surface area contributed by atoms with Gasteiger partial charge in [-0.1, -0.05) is 12.1 Å². The number of urea groups is 1. The monoisotopic (exact) mass is 377 g/mol. The first-order valence-corrected chi connectivity index (χ1v) is 10.3. The number of carbonyl (C=O) groups is 1. The molecule has 1 aliphatic rings. The lowest BCUT2D eigenvalue weighted by Gasteiger charge is -2.16. The van der Waals surface area contributed by atoms with E-state index in [4.69, 9.17) is 4.42 Å². The number of furan rings is 1. The number of anilines is 1. The number of nitrogens with zero attached hydrogens (tertiary/aromatic N) is 1. The second-order valence-electron chi connectivity index (χ2n) is 6.26. The number of amides is 2. The maximum absolute atomic E-state index is 12.2. The van der Waals surface area contributed by atoms with Crippen molar-refractivity contribution in [3.63, 3.8) is 0 Å². The van der Waals surface area contributed by atoms with E-state index in [1.165, 1.54) is 4.31 Å². The molecule has 0 radical (unpaired) electrons. The van der Waals surface area contributed by atoms with E-state index in [9.17, 15) is 13.2 Å². The van der Waals surface area contributed by atoms with E-state index in [1.807, 2.05) is 37.3 Å². The summed E-state index contributed by atoms with van der Waals surface area (Å²) in [6.07, 6.45) is 1.80. The zero-order valence-electron chi connectivity index (χ0n) is 14.7. The van der Waals surface area contributed by atoms with Gasteiger partial charge in [0, 0.05) is 25.2 Å². The topological polar surface area (TPSA) is 91.7 Å². The van der Waals surface area contributed by atoms with Gasteiger partial charge >= 0.3 is 6.03 Å². The maximum Gasteiger partial charge on any atom is 0.319 e. The second-order valence-corrected chi connectivity index (χ2v) is 8.35. The largest absolute Gasteiger partial charge is 0.461 e. The highest BCUT2D eigenvalue weighted by Crippen LogP contribution is 2.29. The van der Waals surface area contributed by atoms with Gasteiger partial charge in [0.1, 0.15) is 11.5 Å². The van der Waals surface area contributed by atoms with Crippen molar-refractivity contribution in [2.24, 2.45) is 0 Å². The Morgan fingerprint density at radius 3 is 2.58 bits per heavy atom. The van der Waals surface area contributed by atoms with Crippen LogP contribution in [0.3, 0.4) is 0 Å². The van der Waals surface area contributed by atoms with Gasteiger partial charge in [-0.2, -0.15) is 0 Å². The number of nitrogens with one attached hydrogen (secondary N) is 2. The third-order valence-electron chi connectivity index (χ3n) is 4.29. The molecule has 1 aromatic carbocycles. The molecule has 8 heteroatoms. The fourth-order valence-electron chi connectivity index (χ4n) is 2.94. The van der Waals surface area contributed by atoms with Crippen LogP contribution in [0.15, 0.2) is 40.8 Å². The number of carbonyl (C=O) groups excluding carboxylic acids is 1. The van der Waals surface area contributed by atoms with Crippen molar-refractivity contribution in [2.45, 2.75) is 19.8 Å². The van der Waals surface area contributed by atoms with Crippen LogP contribution in [0.5, 0.6) is 0 Å². The average molecular weight is 377 g/mol. The number of benzene rings is 1. The van der Waals surface area contributed by atoms with Crippen LogP contribution in [0.2, 0.25) is 0 Å². The molecule has 0 bridgehead atoms. The molecule has 2 N–H and O–H groups in total. The van der Waals surface area contributed by atoms with E-state index in [0.717, 1.165) is 24.2 Å². The van der Waals surface area contributed by atoms with Crippen molar-refractivity contribution < 1.29 is 17.6 Å². The number of hydrogen-bond acceptors (Lipinski definition) is 4. The van der Waals surface area contributed by atoms with E-state index in [1.54, 1.807) is 6.07 Å². The fourth-order valence-corrected chi connectivity index (χ4v) is 4.37. The molecule has 1 saturated heterocycles. The van der Waals surface area contributed by atoms with Gasteiger partial charge in [0.05, 0.1) is 11.4 Å². The highest BCUT2D eigenvalue weighted by atomic mass is 32.2. The summed E-state index contributed by atoms with van der Waals surface area (Å²) in [6, 6.07) is 10.5. The van der Waals surface area contributed by atoms with Crippen LogP contribution in [-0.4, -0.2) is 44.1 Å². The van der Waals surface area contributed by atoms with Crippen molar-refractivity contribution >= 4 is 21.7 Å². The van der Waals surface area contributed by atoms with Crippen LogP contribution in [0, 0.1) is 6.92 Å². The third-order valence-corrected chi connectivity index (χ3v) is 6.16. The Kier molecular flexibility index (Phi) is 5.63. The molecule has 3 rings (SSSR count). The van der Waals surface area contributed by atoms with E-state index >= 15 is 0 Å². The lowest BCUT2D eigenvalue weighted by molar-refractivity contribution is 0.252. The number of rotatable bonds is 6. The minimum atomic E-state index is -3.30. The molecular weight excluding hydrogens is 354 g/mol. The third kappa shape index (κ3) is 4.44. The summed E-state index contributed by atoms with van der Waals surface area (Å²) in [4.78, 5) is 12.1. The minimum Gasteiger partial charge on any atom is -0.461 e. The predicted molar refractivity (Wildman–Crippen MR) is 100 cm³/mol. The van der Waals surface area contributed by atoms with Crippen molar-refractivity contribution in [1.29, 1.82) is 0 Å². The maximum atomic E-state index is 12.2. The van der Waals surface area contributed by atoms with Gasteiger partial charge in [-0.25, -0.2) is 17.5 Å². The van der Waals surface area contributed by atoms with Gasteiger partial charge in [-0.3, -0.25) is 0 Å². The van der Waals surface area contributed by atoms with E-state index in [-0.39, 0.29) is 12.3 Å². The first-order valence-electron chi connectivity index (χ1n) is 8.64. The van der Waals surface area contributed by atoms with Crippen LogP contribution in [0.1, 0.15) is 18.6 Å². The summed E-state index contributed by atoms with van der Waals surface area (Å²) in [7, 11) is -3.30. The number of aryl methyl sites for hydroxylation is 1. The first-order chi connectivity index (χ1) is 12.5. The molecule has 0 saturated carbocycles. The van der Waals surface area contributed by atoms with Crippen LogP contribution in [0.25, 0.3) is 11.3 Å². The fraction of sp³-hybridized carbons (Fsp3) is 0.389. The summed E-state index contributed by atoms with van der Waals surface area (Å²) in [5.41, 5.74) is 1.36. The zero-order valence-corrected chi connectivity index (χ0v) is 15.5. The van der Waals surface area contributed by atoms with E-state index < -0.39 is 16.1 Å². The summed E-state index contributed by atoms with van der Waals surface area (Å²) in [6.45, 7) is 3.06. The van der Waals surface area contributed by atoms with Crippen LogP contribution in [-0.2, 0) is 10.0 Å². The SMILES string of the molecule is Cc1ccc(-c2ccccc2NC(=O)NCCS(=O)(=O)N2CCCC2)o1. The van der Waals surface area contributed by atoms with Gasteiger partial charge < -0.3 is 15.1 Å². The quantitative estimate of drug-likeness (QED) is 0.810. The Bertz CT molecular complexity index is 870. The minimum absolute atomic E-state index is 0.0622. The highest BCUT2D eigenvalue weighted by Gasteiger charge is 2.24. The summed E-state index contributed by atoms with van der Waals surface area (Å²) in [5.74, 6) is 1.35. The Hall–Kier alpha value is -2.32. The Morgan fingerprint density at radius 1 is 1.15 bits per heavy atom.